The van der Waals surface area contributed by atoms with Crippen LogP contribution in [0.1, 0.15) is 47.5 Å². The predicted molar refractivity (Wildman–Crippen MR) is 90.1 cm³/mol. The fourth-order valence-electron chi connectivity index (χ4n) is 3.09. The van der Waals surface area contributed by atoms with Gasteiger partial charge in [0, 0.05) is 24.9 Å². The second-order valence-corrected chi connectivity index (χ2v) is 9.95. The number of ether oxygens (including phenoxy) is 1. The molecular formula is C15H32N3O4S+. The fourth-order valence-corrected chi connectivity index (χ4v) is 4.57. The molecule has 0 aliphatic carbocycles. The molecule has 1 N–H and O–H groups in total. The van der Waals surface area contributed by atoms with Crippen LogP contribution >= 0.6 is 0 Å². The molecule has 1 aliphatic rings. The van der Waals surface area contributed by atoms with E-state index in [1.54, 1.807) is 20.8 Å². The van der Waals surface area contributed by atoms with E-state index in [0.29, 0.717) is 6.04 Å². The van der Waals surface area contributed by atoms with Crippen molar-refractivity contribution >= 4 is 16.3 Å². The van der Waals surface area contributed by atoms with E-state index in [1.165, 1.54) is 4.31 Å². The fraction of sp³-hybridized carbons (Fsp3) is 0.933. The van der Waals surface area contributed by atoms with Crippen molar-refractivity contribution in [1.82, 2.24) is 9.03 Å². The zero-order valence-electron chi connectivity index (χ0n) is 15.6. The van der Waals surface area contributed by atoms with Crippen molar-refractivity contribution in [3.8, 4) is 0 Å². The first kappa shape index (κ1) is 20.2. The minimum Gasteiger partial charge on any atom is -0.443 e. The molecule has 1 saturated heterocycles. The van der Waals surface area contributed by atoms with E-state index in [2.05, 4.69) is 21.1 Å². The van der Waals surface area contributed by atoms with Gasteiger partial charge in [0.25, 0.3) is 0 Å². The number of piperidine rings is 1. The molecule has 136 valence electrons. The van der Waals surface area contributed by atoms with Crippen molar-refractivity contribution in [2.45, 2.75) is 71.2 Å². The lowest BCUT2D eigenvalue weighted by Gasteiger charge is -2.45. The van der Waals surface area contributed by atoms with Crippen LogP contribution in [0.2, 0.25) is 0 Å². The molecule has 1 rings (SSSR count). The quantitative estimate of drug-likeness (QED) is 0.786. The molecule has 1 aliphatic heterocycles. The van der Waals surface area contributed by atoms with Crippen molar-refractivity contribution in [3.05, 3.63) is 0 Å². The molecule has 1 heterocycles. The molecule has 1 fully saturated rings. The van der Waals surface area contributed by atoms with Gasteiger partial charge < -0.3 is 9.22 Å². The van der Waals surface area contributed by atoms with E-state index in [4.69, 9.17) is 4.74 Å². The van der Waals surface area contributed by atoms with E-state index in [-0.39, 0.29) is 12.1 Å². The Morgan fingerprint density at radius 2 is 1.57 bits per heavy atom. The van der Waals surface area contributed by atoms with Gasteiger partial charge in [-0.15, -0.1) is 0 Å². The molecule has 0 saturated carbocycles. The van der Waals surface area contributed by atoms with Crippen molar-refractivity contribution < 1.29 is 22.4 Å². The number of hydrogen-bond acceptors (Lipinski definition) is 4. The van der Waals surface area contributed by atoms with E-state index in [9.17, 15) is 13.2 Å². The zero-order valence-corrected chi connectivity index (χ0v) is 16.4. The van der Waals surface area contributed by atoms with Crippen LogP contribution < -0.4 is 4.72 Å². The summed E-state index contributed by atoms with van der Waals surface area (Å²) < 4.78 is 34.4. The minimum absolute atomic E-state index is 0.180. The number of amides is 1. The second-order valence-electron chi connectivity index (χ2n) is 8.38. The predicted octanol–water partition coefficient (Wildman–Crippen LogP) is 1.70. The molecule has 8 heteroatoms. The van der Waals surface area contributed by atoms with Crippen LogP contribution in [0.4, 0.5) is 4.79 Å². The van der Waals surface area contributed by atoms with E-state index in [0.717, 1.165) is 17.3 Å². The Labute approximate surface area is 140 Å². The van der Waals surface area contributed by atoms with Gasteiger partial charge in [0.15, 0.2) is 0 Å². The number of carbonyl (C=O) groups excluding carboxylic acids is 1. The smallest absolute Gasteiger partial charge is 0.422 e. The molecule has 0 radical (unpaired) electrons. The Morgan fingerprint density at radius 1 is 1.13 bits per heavy atom. The molecule has 2 atom stereocenters. The first-order chi connectivity index (χ1) is 10.1. The van der Waals surface area contributed by atoms with Gasteiger partial charge in [0.1, 0.15) is 5.60 Å². The molecule has 2 unspecified atom stereocenters. The average molecular weight is 351 g/mol. The van der Waals surface area contributed by atoms with E-state index in [1.807, 2.05) is 18.6 Å². The summed E-state index contributed by atoms with van der Waals surface area (Å²) in [5.74, 6) is 0. The van der Waals surface area contributed by atoms with Crippen molar-refractivity contribution in [3.63, 3.8) is 0 Å². The lowest BCUT2D eigenvalue weighted by atomic mass is 9.93. The van der Waals surface area contributed by atoms with Crippen LogP contribution in [-0.4, -0.2) is 68.2 Å². The van der Waals surface area contributed by atoms with E-state index < -0.39 is 21.9 Å². The maximum absolute atomic E-state index is 12.6. The van der Waals surface area contributed by atoms with Gasteiger partial charge in [-0.1, -0.05) is 0 Å². The highest BCUT2D eigenvalue weighted by Crippen LogP contribution is 2.29. The molecule has 0 aromatic carbocycles. The molecule has 0 aromatic heterocycles. The molecule has 1 amide bonds. The van der Waals surface area contributed by atoms with Gasteiger partial charge >= 0.3 is 16.3 Å². The summed E-state index contributed by atoms with van der Waals surface area (Å²) >= 11 is 0. The highest BCUT2D eigenvalue weighted by Gasteiger charge is 2.43. The molecular weight excluding hydrogens is 318 g/mol. The third kappa shape index (κ3) is 5.61. The summed E-state index contributed by atoms with van der Waals surface area (Å²) in [5.41, 5.74) is -0.743. The molecule has 7 nitrogen and oxygen atoms in total. The number of nitrogens with zero attached hydrogens (tertiary/aromatic N) is 2. The molecule has 23 heavy (non-hydrogen) atoms. The second kappa shape index (κ2) is 6.57. The van der Waals surface area contributed by atoms with Crippen LogP contribution in [0.25, 0.3) is 0 Å². The normalized spacial score (nSPS) is 27.6. The zero-order chi connectivity index (χ0) is 18.2. The molecule has 0 aromatic rings. The Bertz CT molecular complexity index is 522. The lowest BCUT2D eigenvalue weighted by Crippen LogP contribution is -2.60. The highest BCUT2D eigenvalue weighted by molar-refractivity contribution is 7.87. The summed E-state index contributed by atoms with van der Waals surface area (Å²) in [7, 11) is 2.43. The van der Waals surface area contributed by atoms with Crippen LogP contribution in [0.5, 0.6) is 0 Å². The van der Waals surface area contributed by atoms with Gasteiger partial charge in [-0.05, 0) is 34.6 Å². The van der Waals surface area contributed by atoms with Crippen LogP contribution in [0.15, 0.2) is 0 Å². The first-order valence-corrected chi connectivity index (χ1v) is 9.43. The Balaban J connectivity index is 2.87. The number of nitrogens with one attached hydrogen (secondary N) is 1. The van der Waals surface area contributed by atoms with Gasteiger partial charge in [-0.3, -0.25) is 0 Å². The topological polar surface area (TPSA) is 75.7 Å². The average Bonchev–Trinajstić information content (AvgIpc) is 2.21. The van der Waals surface area contributed by atoms with Crippen molar-refractivity contribution in [2.75, 3.05) is 21.1 Å². The number of hydrogen-bond donors (Lipinski definition) is 1. The number of quaternary nitrogens is 1. The maximum atomic E-state index is 12.6. The van der Waals surface area contributed by atoms with Gasteiger partial charge in [-0.25, -0.2) is 9.52 Å². The summed E-state index contributed by atoms with van der Waals surface area (Å²) in [4.78, 5) is 11.8. The molecule has 0 spiro atoms. The Morgan fingerprint density at radius 3 is 1.91 bits per heavy atom. The largest absolute Gasteiger partial charge is 0.443 e. The van der Waals surface area contributed by atoms with Crippen LogP contribution in [0.3, 0.4) is 0 Å². The van der Waals surface area contributed by atoms with Crippen molar-refractivity contribution in [2.24, 2.45) is 0 Å². The number of carbonyl (C=O) groups is 1. The summed E-state index contributed by atoms with van der Waals surface area (Å²) in [6.45, 7) is 8.84. The third-order valence-electron chi connectivity index (χ3n) is 4.08. The van der Waals surface area contributed by atoms with Gasteiger partial charge in [0.05, 0.1) is 27.2 Å². The van der Waals surface area contributed by atoms with Crippen LogP contribution in [0, 0.1) is 0 Å². The van der Waals surface area contributed by atoms with Gasteiger partial charge in [0.2, 0.25) is 0 Å². The summed E-state index contributed by atoms with van der Waals surface area (Å²) in [6.07, 6.45) is 0.567. The van der Waals surface area contributed by atoms with Crippen LogP contribution in [-0.2, 0) is 14.9 Å². The Kier molecular flexibility index (Phi) is 5.76. The standard InChI is InChI=1S/C15H31N3O4S/c1-11-9-13(18(6,7)8)10-12(2)17(11)23(20,21)16-14(19)22-15(3,4)5/h11-13H,9-10H2,1-8H3/p+1. The first-order valence-electron chi connectivity index (χ1n) is 7.99. The Hall–Kier alpha value is -0.860. The lowest BCUT2D eigenvalue weighted by molar-refractivity contribution is -0.898. The summed E-state index contributed by atoms with van der Waals surface area (Å²) in [5, 5.41) is 0. The summed E-state index contributed by atoms with van der Waals surface area (Å²) in [6, 6.07) is 0.0232. The number of rotatable bonds is 3. The minimum atomic E-state index is -3.92. The van der Waals surface area contributed by atoms with Gasteiger partial charge in [-0.2, -0.15) is 12.7 Å². The SMILES string of the molecule is CC1CC([N+](C)(C)C)CC(C)N1S(=O)(=O)NC(=O)OC(C)(C)C. The third-order valence-corrected chi connectivity index (χ3v) is 5.78. The highest BCUT2D eigenvalue weighted by atomic mass is 32.2. The van der Waals surface area contributed by atoms with E-state index >= 15 is 0 Å². The molecule has 0 bridgehead atoms. The maximum Gasteiger partial charge on any atom is 0.422 e. The monoisotopic (exact) mass is 350 g/mol. The van der Waals surface area contributed by atoms with Crippen molar-refractivity contribution in [1.29, 1.82) is 0 Å².